The van der Waals surface area contributed by atoms with Crippen LogP contribution >= 0.6 is 0 Å². The topological polar surface area (TPSA) is 54.2 Å². The monoisotopic (exact) mass is 387 g/mol. The van der Waals surface area contributed by atoms with E-state index in [1.54, 1.807) is 43.1 Å². The zero-order chi connectivity index (χ0) is 20.1. The largest absolute Gasteiger partial charge is 0.352 e. The van der Waals surface area contributed by atoms with Crippen molar-refractivity contribution >= 4 is 5.96 Å². The molecule has 0 aliphatic rings. The summed E-state index contributed by atoms with van der Waals surface area (Å²) in [7, 11) is 1.56. The summed E-state index contributed by atoms with van der Waals surface area (Å²) >= 11 is 0. The lowest BCUT2D eigenvalue weighted by atomic mass is 10.2. The molecule has 8 heteroatoms. The molecule has 1 heterocycles. The number of aromatic nitrogens is 2. The van der Waals surface area contributed by atoms with Gasteiger partial charge in [0.25, 0.3) is 0 Å². The van der Waals surface area contributed by atoms with E-state index in [0.717, 1.165) is 18.2 Å². The highest BCUT2D eigenvalue weighted by atomic mass is 19.1. The maximum atomic E-state index is 14.5. The van der Waals surface area contributed by atoms with Crippen LogP contribution in [0.2, 0.25) is 0 Å². The number of hydrogen-bond acceptors (Lipinski definition) is 2. The summed E-state index contributed by atoms with van der Waals surface area (Å²) in [5, 5.41) is 5.93. The standard InChI is InChI=1S/C20H20F3N5/c1-13-25-7-8-28(13)19-6-3-14(9-18(19)23)11-26-20(24-2)27-12-15-10-16(21)4-5-17(15)22/h3-10H,11-12H2,1-2H3,(H2,24,26,27). The van der Waals surface area contributed by atoms with Crippen molar-refractivity contribution in [1.82, 2.24) is 20.2 Å². The molecule has 0 bridgehead atoms. The predicted molar refractivity (Wildman–Crippen MR) is 102 cm³/mol. The summed E-state index contributed by atoms with van der Waals surface area (Å²) in [6.45, 7) is 2.17. The summed E-state index contributed by atoms with van der Waals surface area (Å²) in [6.07, 6.45) is 3.31. The number of benzene rings is 2. The third-order valence-corrected chi connectivity index (χ3v) is 4.23. The molecule has 3 aromatic rings. The summed E-state index contributed by atoms with van der Waals surface area (Å²) < 4.78 is 43.0. The number of rotatable bonds is 5. The Kier molecular flexibility index (Phi) is 5.98. The van der Waals surface area contributed by atoms with E-state index in [2.05, 4.69) is 20.6 Å². The highest BCUT2D eigenvalue weighted by molar-refractivity contribution is 5.79. The minimum Gasteiger partial charge on any atom is -0.352 e. The third-order valence-electron chi connectivity index (χ3n) is 4.23. The number of aliphatic imine (C=N–C) groups is 1. The molecule has 0 saturated carbocycles. The quantitative estimate of drug-likeness (QED) is 0.521. The first kappa shape index (κ1) is 19.5. The molecule has 0 amide bonds. The van der Waals surface area contributed by atoms with Crippen LogP contribution in [0, 0.1) is 24.4 Å². The molecule has 0 atom stereocenters. The Balaban J connectivity index is 1.61. The van der Waals surface area contributed by atoms with Gasteiger partial charge in [0.1, 0.15) is 23.3 Å². The molecule has 2 aromatic carbocycles. The Morgan fingerprint density at radius 3 is 2.50 bits per heavy atom. The van der Waals surface area contributed by atoms with E-state index >= 15 is 0 Å². The van der Waals surface area contributed by atoms with Crippen molar-refractivity contribution in [2.45, 2.75) is 20.0 Å². The van der Waals surface area contributed by atoms with Gasteiger partial charge in [0.2, 0.25) is 0 Å². The molecule has 0 radical (unpaired) electrons. The maximum Gasteiger partial charge on any atom is 0.191 e. The number of nitrogens with zero attached hydrogens (tertiary/aromatic N) is 3. The molecule has 3 rings (SSSR count). The number of imidazole rings is 1. The van der Waals surface area contributed by atoms with Crippen LogP contribution in [0.25, 0.3) is 5.69 Å². The highest BCUT2D eigenvalue weighted by Crippen LogP contribution is 2.16. The van der Waals surface area contributed by atoms with Gasteiger partial charge >= 0.3 is 0 Å². The number of halogens is 3. The fourth-order valence-corrected chi connectivity index (χ4v) is 2.75. The van der Waals surface area contributed by atoms with Crippen molar-refractivity contribution in [3.63, 3.8) is 0 Å². The van der Waals surface area contributed by atoms with Gasteiger partial charge in [-0.2, -0.15) is 0 Å². The summed E-state index contributed by atoms with van der Waals surface area (Å²) in [4.78, 5) is 8.13. The van der Waals surface area contributed by atoms with Gasteiger partial charge in [-0.1, -0.05) is 6.07 Å². The molecule has 28 heavy (non-hydrogen) atoms. The van der Waals surface area contributed by atoms with Crippen LogP contribution in [0.1, 0.15) is 17.0 Å². The molecule has 0 fully saturated rings. The first-order valence-electron chi connectivity index (χ1n) is 8.65. The van der Waals surface area contributed by atoms with Crippen LogP contribution in [-0.4, -0.2) is 22.6 Å². The molecule has 5 nitrogen and oxygen atoms in total. The lowest BCUT2D eigenvalue weighted by molar-refractivity contribution is 0.581. The van der Waals surface area contributed by atoms with Crippen molar-refractivity contribution in [1.29, 1.82) is 0 Å². The van der Waals surface area contributed by atoms with Crippen molar-refractivity contribution in [3.05, 3.63) is 83.2 Å². The molecule has 0 saturated heterocycles. The average molecular weight is 387 g/mol. The number of nitrogens with one attached hydrogen (secondary N) is 2. The Labute approximate surface area is 161 Å². The average Bonchev–Trinajstić information content (AvgIpc) is 3.10. The molecular formula is C20H20F3N5. The summed E-state index contributed by atoms with van der Waals surface area (Å²) in [6, 6.07) is 8.18. The molecule has 0 spiro atoms. The third kappa shape index (κ3) is 4.51. The van der Waals surface area contributed by atoms with Crippen LogP contribution < -0.4 is 10.6 Å². The Morgan fingerprint density at radius 2 is 1.82 bits per heavy atom. The molecule has 0 aliphatic heterocycles. The lowest BCUT2D eigenvalue weighted by Gasteiger charge is -2.13. The second kappa shape index (κ2) is 8.60. The van der Waals surface area contributed by atoms with Crippen LogP contribution in [0.15, 0.2) is 53.8 Å². The zero-order valence-electron chi connectivity index (χ0n) is 15.5. The van der Waals surface area contributed by atoms with E-state index in [4.69, 9.17) is 0 Å². The number of guanidine groups is 1. The smallest absolute Gasteiger partial charge is 0.191 e. The van der Waals surface area contributed by atoms with Crippen molar-refractivity contribution in [2.24, 2.45) is 4.99 Å². The molecule has 2 N–H and O–H groups in total. The minimum absolute atomic E-state index is 0.0659. The summed E-state index contributed by atoms with van der Waals surface area (Å²) in [5.41, 5.74) is 1.32. The van der Waals surface area contributed by atoms with E-state index in [1.165, 1.54) is 6.07 Å². The molecule has 146 valence electrons. The normalized spacial score (nSPS) is 11.5. The van der Waals surface area contributed by atoms with Crippen LogP contribution in [0.4, 0.5) is 13.2 Å². The van der Waals surface area contributed by atoms with Crippen LogP contribution in [-0.2, 0) is 13.1 Å². The summed E-state index contributed by atoms with van der Waals surface area (Å²) in [5.74, 6) is -0.301. The van der Waals surface area contributed by atoms with Crippen molar-refractivity contribution in [2.75, 3.05) is 7.05 Å². The van der Waals surface area contributed by atoms with Crippen molar-refractivity contribution < 1.29 is 13.2 Å². The Morgan fingerprint density at radius 1 is 1.04 bits per heavy atom. The first-order chi connectivity index (χ1) is 13.5. The SMILES string of the molecule is CN=C(NCc1ccc(-n2ccnc2C)c(F)c1)NCc1cc(F)ccc1F. The number of hydrogen-bond donors (Lipinski definition) is 2. The van der Waals surface area contributed by atoms with Gasteiger partial charge in [0, 0.05) is 38.1 Å². The van der Waals surface area contributed by atoms with E-state index in [1.807, 2.05) is 0 Å². The van der Waals surface area contributed by atoms with Gasteiger partial charge in [0.05, 0.1) is 5.69 Å². The van der Waals surface area contributed by atoms with Gasteiger partial charge in [-0.25, -0.2) is 18.2 Å². The first-order valence-corrected chi connectivity index (χ1v) is 8.65. The van der Waals surface area contributed by atoms with E-state index in [0.29, 0.717) is 29.6 Å². The van der Waals surface area contributed by atoms with Gasteiger partial charge in [-0.15, -0.1) is 0 Å². The van der Waals surface area contributed by atoms with E-state index in [9.17, 15) is 13.2 Å². The molecular weight excluding hydrogens is 367 g/mol. The highest BCUT2D eigenvalue weighted by Gasteiger charge is 2.09. The minimum atomic E-state index is -0.509. The van der Waals surface area contributed by atoms with Gasteiger partial charge in [0.15, 0.2) is 5.96 Å². The van der Waals surface area contributed by atoms with Crippen LogP contribution in [0.3, 0.4) is 0 Å². The second-order valence-corrected chi connectivity index (χ2v) is 6.15. The molecule has 0 unspecified atom stereocenters. The zero-order valence-corrected chi connectivity index (χ0v) is 15.5. The maximum absolute atomic E-state index is 14.5. The van der Waals surface area contributed by atoms with Crippen LogP contribution in [0.5, 0.6) is 0 Å². The van der Waals surface area contributed by atoms with Crippen molar-refractivity contribution in [3.8, 4) is 5.69 Å². The Hall–Kier alpha value is -3.29. The van der Waals surface area contributed by atoms with Gasteiger partial charge in [-0.3, -0.25) is 4.99 Å². The van der Waals surface area contributed by atoms with Gasteiger partial charge < -0.3 is 15.2 Å². The van der Waals surface area contributed by atoms with E-state index < -0.39 is 11.6 Å². The Bertz CT molecular complexity index is 997. The van der Waals surface area contributed by atoms with E-state index in [-0.39, 0.29) is 17.9 Å². The molecule has 0 aliphatic carbocycles. The lowest BCUT2D eigenvalue weighted by Crippen LogP contribution is -2.36. The fraction of sp³-hybridized carbons (Fsp3) is 0.200. The molecule has 1 aromatic heterocycles. The van der Waals surface area contributed by atoms with Gasteiger partial charge in [-0.05, 0) is 42.8 Å². The predicted octanol–water partition coefficient (Wildman–Crippen LogP) is 3.46. The second-order valence-electron chi connectivity index (χ2n) is 6.15. The number of aryl methyl sites for hydroxylation is 1. The fourth-order valence-electron chi connectivity index (χ4n) is 2.75.